The van der Waals surface area contributed by atoms with Crippen LogP contribution in [0.4, 0.5) is 5.69 Å². The van der Waals surface area contributed by atoms with Crippen molar-refractivity contribution in [2.24, 2.45) is 0 Å². The minimum atomic E-state index is -3.67. The van der Waals surface area contributed by atoms with Gasteiger partial charge >= 0.3 is 0 Å². The number of rotatable bonds is 11. The molecular formula is C20H25NO6S. The summed E-state index contributed by atoms with van der Waals surface area (Å²) in [6, 6.07) is 14.7. The Morgan fingerprint density at radius 1 is 1.04 bits per heavy atom. The summed E-state index contributed by atoms with van der Waals surface area (Å²) in [5.74, 6) is 0.447. The highest BCUT2D eigenvalue weighted by atomic mass is 32.2. The molecule has 0 spiro atoms. The van der Waals surface area contributed by atoms with Crippen LogP contribution in [0.3, 0.4) is 0 Å². The van der Waals surface area contributed by atoms with E-state index >= 15 is 0 Å². The van der Waals surface area contributed by atoms with Crippen LogP contribution in [-0.4, -0.2) is 43.3 Å². The first-order valence-corrected chi connectivity index (χ1v) is 9.97. The SMILES string of the molecule is C=CS(=O)(=O)N(C)c1cc(OCOC)cc(C(OCOC)c2ccccc2)c1. The van der Waals surface area contributed by atoms with Gasteiger partial charge in [0, 0.05) is 32.7 Å². The Kier molecular flexibility index (Phi) is 8.01. The molecule has 0 aliphatic heterocycles. The predicted octanol–water partition coefficient (Wildman–Crippen LogP) is 3.29. The third-order valence-electron chi connectivity index (χ3n) is 3.97. The second-order valence-electron chi connectivity index (χ2n) is 5.85. The maximum Gasteiger partial charge on any atom is 0.256 e. The normalized spacial score (nSPS) is 12.4. The molecule has 0 fully saturated rings. The molecular weight excluding hydrogens is 382 g/mol. The van der Waals surface area contributed by atoms with Crippen molar-refractivity contribution in [2.45, 2.75) is 6.10 Å². The summed E-state index contributed by atoms with van der Waals surface area (Å²) in [7, 11) is 0.826. The Balaban J connectivity index is 2.55. The largest absolute Gasteiger partial charge is 0.467 e. The van der Waals surface area contributed by atoms with Gasteiger partial charge in [-0.05, 0) is 23.3 Å². The lowest BCUT2D eigenvalue weighted by molar-refractivity contribution is -0.0592. The van der Waals surface area contributed by atoms with Gasteiger partial charge in [0.25, 0.3) is 10.0 Å². The average molecular weight is 407 g/mol. The topological polar surface area (TPSA) is 74.3 Å². The van der Waals surface area contributed by atoms with Crippen molar-refractivity contribution in [3.8, 4) is 5.75 Å². The molecule has 0 radical (unpaired) electrons. The van der Waals surface area contributed by atoms with E-state index in [0.29, 0.717) is 17.0 Å². The number of ether oxygens (including phenoxy) is 4. The highest BCUT2D eigenvalue weighted by Crippen LogP contribution is 2.33. The van der Waals surface area contributed by atoms with Crippen LogP contribution in [-0.2, 0) is 24.2 Å². The summed E-state index contributed by atoms with van der Waals surface area (Å²) in [6.07, 6.45) is -0.481. The van der Waals surface area contributed by atoms with Crippen LogP contribution >= 0.6 is 0 Å². The summed E-state index contributed by atoms with van der Waals surface area (Å²) in [4.78, 5) is 0. The summed E-state index contributed by atoms with van der Waals surface area (Å²) in [5.41, 5.74) is 2.01. The van der Waals surface area contributed by atoms with Gasteiger partial charge in [-0.1, -0.05) is 36.9 Å². The van der Waals surface area contributed by atoms with E-state index in [2.05, 4.69) is 6.58 Å². The first-order chi connectivity index (χ1) is 13.4. The van der Waals surface area contributed by atoms with Gasteiger partial charge in [0.1, 0.15) is 18.6 Å². The molecule has 7 nitrogen and oxygen atoms in total. The molecule has 0 N–H and O–H groups in total. The van der Waals surface area contributed by atoms with Crippen LogP contribution < -0.4 is 9.04 Å². The maximum atomic E-state index is 12.2. The second kappa shape index (κ2) is 10.2. The fourth-order valence-electron chi connectivity index (χ4n) is 2.56. The number of benzene rings is 2. The van der Waals surface area contributed by atoms with E-state index in [0.717, 1.165) is 15.3 Å². The minimum absolute atomic E-state index is 0.0236. The fraction of sp³-hybridized carbons (Fsp3) is 0.300. The summed E-state index contributed by atoms with van der Waals surface area (Å²) < 4.78 is 47.1. The van der Waals surface area contributed by atoms with Crippen LogP contribution in [0, 0.1) is 0 Å². The maximum absolute atomic E-state index is 12.2. The van der Waals surface area contributed by atoms with Gasteiger partial charge in [0.2, 0.25) is 0 Å². The third-order valence-corrected chi connectivity index (χ3v) is 5.37. The summed E-state index contributed by atoms with van der Waals surface area (Å²) in [6.45, 7) is 3.47. The van der Waals surface area contributed by atoms with Gasteiger partial charge in [0.05, 0.1) is 5.69 Å². The van der Waals surface area contributed by atoms with Crippen LogP contribution in [0.5, 0.6) is 5.75 Å². The van der Waals surface area contributed by atoms with Crippen LogP contribution in [0.1, 0.15) is 17.2 Å². The van der Waals surface area contributed by atoms with Crippen molar-refractivity contribution in [2.75, 3.05) is 39.2 Å². The first-order valence-electron chi connectivity index (χ1n) is 8.46. The highest BCUT2D eigenvalue weighted by molar-refractivity contribution is 7.95. The molecule has 152 valence electrons. The molecule has 28 heavy (non-hydrogen) atoms. The quantitative estimate of drug-likeness (QED) is 0.532. The van der Waals surface area contributed by atoms with Gasteiger partial charge < -0.3 is 18.9 Å². The number of methoxy groups -OCH3 is 2. The smallest absolute Gasteiger partial charge is 0.256 e. The molecule has 2 rings (SSSR count). The highest BCUT2D eigenvalue weighted by Gasteiger charge is 2.21. The van der Waals surface area contributed by atoms with E-state index in [9.17, 15) is 8.42 Å². The van der Waals surface area contributed by atoms with Crippen LogP contribution in [0.15, 0.2) is 60.5 Å². The van der Waals surface area contributed by atoms with E-state index in [1.807, 2.05) is 30.3 Å². The van der Waals surface area contributed by atoms with E-state index in [1.165, 1.54) is 21.3 Å². The lowest BCUT2D eigenvalue weighted by atomic mass is 10.0. The molecule has 0 aliphatic carbocycles. The van der Waals surface area contributed by atoms with E-state index < -0.39 is 16.1 Å². The minimum Gasteiger partial charge on any atom is -0.467 e. The molecule has 1 atom stereocenters. The lowest BCUT2D eigenvalue weighted by Crippen LogP contribution is -2.24. The molecule has 0 aliphatic rings. The lowest BCUT2D eigenvalue weighted by Gasteiger charge is -2.23. The van der Waals surface area contributed by atoms with Crippen molar-refractivity contribution < 1.29 is 27.4 Å². The Bertz CT molecular complexity index is 870. The van der Waals surface area contributed by atoms with E-state index in [-0.39, 0.29) is 13.6 Å². The second-order valence-corrected chi connectivity index (χ2v) is 7.77. The zero-order chi connectivity index (χ0) is 20.6. The van der Waals surface area contributed by atoms with E-state index in [4.69, 9.17) is 18.9 Å². The molecule has 1 unspecified atom stereocenters. The Labute approximate surface area is 166 Å². The molecule has 8 heteroatoms. The third kappa shape index (κ3) is 5.56. The molecule has 0 aromatic heterocycles. The Hall–Kier alpha value is -2.39. The van der Waals surface area contributed by atoms with Crippen molar-refractivity contribution >= 4 is 15.7 Å². The number of sulfonamides is 1. The summed E-state index contributed by atoms with van der Waals surface area (Å²) >= 11 is 0. The van der Waals surface area contributed by atoms with Crippen LogP contribution in [0.2, 0.25) is 0 Å². The van der Waals surface area contributed by atoms with Crippen molar-refractivity contribution in [1.29, 1.82) is 0 Å². The van der Waals surface area contributed by atoms with Crippen molar-refractivity contribution in [3.63, 3.8) is 0 Å². The summed E-state index contributed by atoms with van der Waals surface area (Å²) in [5, 5.41) is 0.894. The molecule has 2 aromatic carbocycles. The number of hydrogen-bond acceptors (Lipinski definition) is 6. The fourth-order valence-corrected chi connectivity index (χ4v) is 3.18. The zero-order valence-corrected chi connectivity index (χ0v) is 17.0. The number of hydrogen-bond donors (Lipinski definition) is 0. The predicted molar refractivity (Wildman–Crippen MR) is 108 cm³/mol. The van der Waals surface area contributed by atoms with Gasteiger partial charge in [-0.2, -0.15) is 0 Å². The van der Waals surface area contributed by atoms with Gasteiger partial charge in [-0.15, -0.1) is 0 Å². The van der Waals surface area contributed by atoms with Gasteiger partial charge in [-0.25, -0.2) is 8.42 Å². The molecule has 2 aromatic rings. The number of nitrogens with zero attached hydrogens (tertiary/aromatic N) is 1. The van der Waals surface area contributed by atoms with E-state index in [1.54, 1.807) is 18.2 Å². The molecule has 0 saturated carbocycles. The molecule has 0 amide bonds. The van der Waals surface area contributed by atoms with Gasteiger partial charge in [0.15, 0.2) is 6.79 Å². The standard InChI is InChI=1S/C20H25NO6S/c1-5-28(22,23)21(2)18-11-17(12-19(13-18)26-14-24-3)20(27-15-25-4)16-9-7-6-8-10-16/h5-13,20H,1,14-15H2,2-4H3. The van der Waals surface area contributed by atoms with Gasteiger partial charge in [-0.3, -0.25) is 4.31 Å². The Morgan fingerprint density at radius 3 is 2.32 bits per heavy atom. The van der Waals surface area contributed by atoms with Crippen molar-refractivity contribution in [3.05, 3.63) is 71.6 Å². The molecule has 0 heterocycles. The average Bonchev–Trinajstić information content (AvgIpc) is 2.72. The molecule has 0 bridgehead atoms. The molecule has 0 saturated heterocycles. The first kappa shape index (κ1) is 21.9. The van der Waals surface area contributed by atoms with Crippen molar-refractivity contribution in [1.82, 2.24) is 0 Å². The Morgan fingerprint density at radius 2 is 1.71 bits per heavy atom. The number of anilines is 1. The van der Waals surface area contributed by atoms with Crippen LogP contribution in [0.25, 0.3) is 0 Å². The monoisotopic (exact) mass is 407 g/mol. The zero-order valence-electron chi connectivity index (χ0n) is 16.2.